The minimum Gasteiger partial charge on any atom is -0.479 e. The number of carbonyl (C=O) groups is 1. The molecule has 0 saturated carbocycles. The van der Waals surface area contributed by atoms with E-state index in [0.29, 0.717) is 17.9 Å². The molecule has 0 aliphatic carbocycles. The van der Waals surface area contributed by atoms with Gasteiger partial charge in [-0.05, 0) is 31.0 Å². The lowest BCUT2D eigenvalue weighted by molar-refractivity contribution is -0.149. The number of carboxylic acids is 1. The summed E-state index contributed by atoms with van der Waals surface area (Å²) in [4.78, 5) is 15.3. The van der Waals surface area contributed by atoms with Crippen LogP contribution in [0.1, 0.15) is 24.0 Å². The number of hydrogen-bond donors (Lipinski definition) is 1. The molecule has 2 heterocycles. The predicted molar refractivity (Wildman–Crippen MR) is 69.1 cm³/mol. The number of thiazole rings is 1. The lowest BCUT2D eigenvalue weighted by Crippen LogP contribution is -2.18. The van der Waals surface area contributed by atoms with Crippen molar-refractivity contribution in [1.82, 2.24) is 4.98 Å². The van der Waals surface area contributed by atoms with Crippen LogP contribution in [-0.2, 0) is 9.53 Å². The van der Waals surface area contributed by atoms with Gasteiger partial charge in [0.15, 0.2) is 6.10 Å². The van der Waals surface area contributed by atoms with Crippen LogP contribution >= 0.6 is 22.9 Å². The zero-order chi connectivity index (χ0) is 12.7. The van der Waals surface area contributed by atoms with E-state index in [1.54, 1.807) is 6.07 Å². The van der Waals surface area contributed by atoms with Crippen molar-refractivity contribution in [2.45, 2.75) is 25.0 Å². The molecule has 2 unspecified atom stereocenters. The average molecular weight is 284 g/mol. The minimum atomic E-state index is -0.901. The number of halogens is 1. The van der Waals surface area contributed by atoms with Crippen LogP contribution < -0.4 is 0 Å². The third kappa shape index (κ3) is 2.09. The quantitative estimate of drug-likeness (QED) is 0.919. The first-order valence-electron chi connectivity index (χ1n) is 5.58. The molecule has 1 aliphatic heterocycles. The van der Waals surface area contributed by atoms with Gasteiger partial charge in [0.25, 0.3) is 0 Å². The highest BCUT2D eigenvalue weighted by molar-refractivity contribution is 7.18. The Bertz CT molecular complexity index is 612. The molecule has 6 heteroatoms. The van der Waals surface area contributed by atoms with Gasteiger partial charge >= 0.3 is 5.97 Å². The van der Waals surface area contributed by atoms with Gasteiger partial charge in [0, 0.05) is 5.02 Å². The second-order valence-electron chi connectivity index (χ2n) is 4.19. The number of rotatable bonds is 2. The van der Waals surface area contributed by atoms with Gasteiger partial charge in [0.2, 0.25) is 0 Å². The lowest BCUT2D eigenvalue weighted by Gasteiger charge is -2.07. The molecule has 1 N–H and O–H groups in total. The number of hydrogen-bond acceptors (Lipinski definition) is 4. The first-order chi connectivity index (χ1) is 8.63. The summed E-state index contributed by atoms with van der Waals surface area (Å²) in [6.07, 6.45) is 0.328. The molecule has 3 rings (SSSR count). The summed E-state index contributed by atoms with van der Waals surface area (Å²) < 4.78 is 6.48. The molecule has 0 amide bonds. The number of aromatic nitrogens is 1. The Morgan fingerprint density at radius 2 is 2.33 bits per heavy atom. The largest absolute Gasteiger partial charge is 0.479 e. The number of ether oxygens (including phenoxy) is 1. The molecule has 2 aromatic rings. The van der Waals surface area contributed by atoms with E-state index < -0.39 is 12.1 Å². The van der Waals surface area contributed by atoms with Crippen LogP contribution in [0.4, 0.5) is 0 Å². The van der Waals surface area contributed by atoms with Crippen molar-refractivity contribution in [2.24, 2.45) is 0 Å². The van der Waals surface area contributed by atoms with E-state index in [0.717, 1.165) is 15.2 Å². The van der Waals surface area contributed by atoms with Gasteiger partial charge in [-0.15, -0.1) is 11.3 Å². The molecule has 0 bridgehead atoms. The number of carboxylic acid groups (broad SMARTS) is 1. The average Bonchev–Trinajstić information content (AvgIpc) is 2.93. The van der Waals surface area contributed by atoms with E-state index in [4.69, 9.17) is 21.4 Å². The molecule has 0 spiro atoms. The fourth-order valence-corrected chi connectivity index (χ4v) is 3.37. The van der Waals surface area contributed by atoms with Crippen molar-refractivity contribution < 1.29 is 14.6 Å². The van der Waals surface area contributed by atoms with Crippen LogP contribution in [-0.4, -0.2) is 22.2 Å². The predicted octanol–water partition coefficient (Wildman–Crippen LogP) is 3.25. The standard InChI is InChI=1S/C12H10ClNO3S/c13-6-1-2-7-10(5-6)18-11(14-7)8-3-4-9(17-8)12(15)16/h1-2,5,8-9H,3-4H2,(H,15,16). The molecule has 94 valence electrons. The van der Waals surface area contributed by atoms with Gasteiger partial charge in [0.05, 0.1) is 10.2 Å². The van der Waals surface area contributed by atoms with Crippen molar-refractivity contribution in [2.75, 3.05) is 0 Å². The zero-order valence-corrected chi connectivity index (χ0v) is 10.9. The molecule has 1 aromatic carbocycles. The van der Waals surface area contributed by atoms with Crippen molar-refractivity contribution in [3.63, 3.8) is 0 Å². The Labute approximate surface area is 112 Å². The smallest absolute Gasteiger partial charge is 0.332 e. The Kier molecular flexibility index (Phi) is 2.97. The Hall–Kier alpha value is -1.17. The van der Waals surface area contributed by atoms with Crippen LogP contribution in [0.3, 0.4) is 0 Å². The number of nitrogens with zero attached hydrogens (tertiary/aromatic N) is 1. The normalized spacial score (nSPS) is 23.6. The summed E-state index contributed by atoms with van der Waals surface area (Å²) in [6, 6.07) is 5.52. The number of benzene rings is 1. The van der Waals surface area contributed by atoms with Gasteiger partial charge < -0.3 is 9.84 Å². The van der Waals surface area contributed by atoms with E-state index >= 15 is 0 Å². The van der Waals surface area contributed by atoms with Crippen LogP contribution in [0, 0.1) is 0 Å². The van der Waals surface area contributed by atoms with Gasteiger partial charge in [-0.25, -0.2) is 9.78 Å². The first-order valence-corrected chi connectivity index (χ1v) is 6.77. The third-order valence-electron chi connectivity index (χ3n) is 2.94. The highest BCUT2D eigenvalue weighted by Gasteiger charge is 2.33. The van der Waals surface area contributed by atoms with Gasteiger partial charge in [-0.1, -0.05) is 11.6 Å². The molecular formula is C12H10ClNO3S. The minimum absolute atomic E-state index is 0.206. The summed E-state index contributed by atoms with van der Waals surface area (Å²) in [7, 11) is 0. The summed E-state index contributed by atoms with van der Waals surface area (Å²) in [6.45, 7) is 0. The van der Waals surface area contributed by atoms with Gasteiger partial charge in [-0.3, -0.25) is 0 Å². The Morgan fingerprint density at radius 3 is 3.06 bits per heavy atom. The number of fused-ring (bicyclic) bond motifs is 1. The highest BCUT2D eigenvalue weighted by atomic mass is 35.5. The third-order valence-corrected chi connectivity index (χ3v) is 4.28. The summed E-state index contributed by atoms with van der Waals surface area (Å²) in [5.74, 6) is -0.901. The maximum atomic E-state index is 10.8. The topological polar surface area (TPSA) is 59.4 Å². The van der Waals surface area contributed by atoms with Gasteiger partial charge in [-0.2, -0.15) is 0 Å². The van der Waals surface area contributed by atoms with Crippen molar-refractivity contribution >= 4 is 39.1 Å². The SMILES string of the molecule is O=C(O)C1CCC(c2nc3ccc(Cl)cc3s2)O1. The van der Waals surface area contributed by atoms with E-state index in [-0.39, 0.29) is 6.10 Å². The molecule has 18 heavy (non-hydrogen) atoms. The molecular weight excluding hydrogens is 274 g/mol. The lowest BCUT2D eigenvalue weighted by atomic mass is 10.2. The molecule has 1 fully saturated rings. The monoisotopic (exact) mass is 283 g/mol. The summed E-state index contributed by atoms with van der Waals surface area (Å²) in [5.41, 5.74) is 0.877. The first kappa shape index (κ1) is 11.9. The van der Waals surface area contributed by atoms with Crippen molar-refractivity contribution in [3.8, 4) is 0 Å². The van der Waals surface area contributed by atoms with E-state index in [2.05, 4.69) is 4.98 Å². The summed E-state index contributed by atoms with van der Waals surface area (Å²) >= 11 is 7.43. The van der Waals surface area contributed by atoms with Crippen molar-refractivity contribution in [3.05, 3.63) is 28.2 Å². The van der Waals surface area contributed by atoms with Crippen LogP contribution in [0.5, 0.6) is 0 Å². The molecule has 0 radical (unpaired) electrons. The fraction of sp³-hybridized carbons (Fsp3) is 0.333. The maximum absolute atomic E-state index is 10.8. The molecule has 4 nitrogen and oxygen atoms in total. The molecule has 1 aromatic heterocycles. The summed E-state index contributed by atoms with van der Waals surface area (Å²) in [5, 5.41) is 10.4. The zero-order valence-electron chi connectivity index (χ0n) is 9.30. The second-order valence-corrected chi connectivity index (χ2v) is 5.69. The Morgan fingerprint density at radius 1 is 1.50 bits per heavy atom. The van der Waals surface area contributed by atoms with Gasteiger partial charge in [0.1, 0.15) is 11.1 Å². The van der Waals surface area contributed by atoms with E-state index in [9.17, 15) is 4.79 Å². The molecule has 1 aliphatic rings. The van der Waals surface area contributed by atoms with Crippen LogP contribution in [0.15, 0.2) is 18.2 Å². The van der Waals surface area contributed by atoms with Crippen LogP contribution in [0.25, 0.3) is 10.2 Å². The Balaban J connectivity index is 1.89. The van der Waals surface area contributed by atoms with Crippen LogP contribution in [0.2, 0.25) is 5.02 Å². The van der Waals surface area contributed by atoms with E-state index in [1.807, 2.05) is 12.1 Å². The molecule has 2 atom stereocenters. The van der Waals surface area contributed by atoms with Crippen molar-refractivity contribution in [1.29, 1.82) is 0 Å². The molecule has 1 saturated heterocycles. The second kappa shape index (κ2) is 4.50. The maximum Gasteiger partial charge on any atom is 0.332 e. The number of aliphatic carboxylic acids is 1. The highest BCUT2D eigenvalue weighted by Crippen LogP contribution is 2.37. The van der Waals surface area contributed by atoms with E-state index in [1.165, 1.54) is 11.3 Å². The fourth-order valence-electron chi connectivity index (χ4n) is 2.05.